The van der Waals surface area contributed by atoms with E-state index in [0.717, 1.165) is 0 Å². The maximum Gasteiger partial charge on any atom is 0.319 e. The number of carbonyl (C=O) groups is 3. The first-order valence-electron chi connectivity index (χ1n) is 5.99. The van der Waals surface area contributed by atoms with Crippen LogP contribution in [0.25, 0.3) is 0 Å². The summed E-state index contributed by atoms with van der Waals surface area (Å²) in [6.45, 7) is 3.14. The van der Waals surface area contributed by atoms with Crippen molar-refractivity contribution in [2.75, 3.05) is 6.61 Å². The summed E-state index contributed by atoms with van der Waals surface area (Å²) in [6.07, 6.45) is 1.52. The van der Waals surface area contributed by atoms with Gasteiger partial charge in [0, 0.05) is 6.20 Å². The van der Waals surface area contributed by atoms with Crippen LogP contribution in [0.1, 0.15) is 35.9 Å². The topological polar surface area (TPSA) is 85.4 Å². The second-order valence-electron chi connectivity index (χ2n) is 4.23. The Morgan fingerprint density at radius 2 is 2.26 bits per heavy atom. The van der Waals surface area contributed by atoms with Crippen molar-refractivity contribution in [1.82, 2.24) is 10.3 Å². The minimum Gasteiger partial charge on any atom is -0.465 e. The lowest BCUT2D eigenvalue weighted by atomic mass is 9.93. The lowest BCUT2D eigenvalue weighted by Gasteiger charge is -2.19. The van der Waals surface area contributed by atoms with Crippen molar-refractivity contribution < 1.29 is 19.1 Å². The summed E-state index contributed by atoms with van der Waals surface area (Å²) in [4.78, 5) is 39.4. The SMILES string of the molecule is CCOC(=O)C(C(C)=O)C1NC(=O)c2cccnc21. The number of ether oxygens (including phenoxy) is 1. The first-order valence-corrected chi connectivity index (χ1v) is 5.99. The van der Waals surface area contributed by atoms with Crippen molar-refractivity contribution in [2.24, 2.45) is 5.92 Å². The van der Waals surface area contributed by atoms with E-state index in [1.165, 1.54) is 13.1 Å². The zero-order valence-electron chi connectivity index (χ0n) is 10.7. The van der Waals surface area contributed by atoms with Gasteiger partial charge >= 0.3 is 5.97 Å². The van der Waals surface area contributed by atoms with E-state index in [1.807, 2.05) is 0 Å². The Kier molecular flexibility index (Phi) is 3.59. The molecule has 1 aromatic rings. The second-order valence-corrected chi connectivity index (χ2v) is 4.23. The van der Waals surface area contributed by atoms with E-state index < -0.39 is 17.9 Å². The van der Waals surface area contributed by atoms with Crippen molar-refractivity contribution in [3.05, 3.63) is 29.6 Å². The second kappa shape index (κ2) is 5.17. The van der Waals surface area contributed by atoms with Gasteiger partial charge in [-0.25, -0.2) is 0 Å². The number of ketones is 1. The highest BCUT2D eigenvalue weighted by molar-refractivity contribution is 6.03. The van der Waals surface area contributed by atoms with Gasteiger partial charge in [-0.3, -0.25) is 19.4 Å². The van der Waals surface area contributed by atoms with E-state index >= 15 is 0 Å². The Balaban J connectivity index is 2.37. The number of amides is 1. The molecule has 6 heteroatoms. The first-order chi connectivity index (χ1) is 9.06. The van der Waals surface area contributed by atoms with Crippen LogP contribution < -0.4 is 5.32 Å². The maximum absolute atomic E-state index is 11.9. The molecule has 1 aromatic heterocycles. The summed E-state index contributed by atoms with van der Waals surface area (Å²) < 4.78 is 4.89. The number of nitrogens with zero attached hydrogens (tertiary/aromatic N) is 1. The number of hydrogen-bond acceptors (Lipinski definition) is 5. The van der Waals surface area contributed by atoms with Crippen LogP contribution in [0.3, 0.4) is 0 Å². The number of aromatic nitrogens is 1. The number of pyridine rings is 1. The zero-order valence-corrected chi connectivity index (χ0v) is 10.7. The highest BCUT2D eigenvalue weighted by Crippen LogP contribution is 2.30. The van der Waals surface area contributed by atoms with Crippen molar-refractivity contribution in [3.8, 4) is 0 Å². The van der Waals surface area contributed by atoms with Crippen molar-refractivity contribution in [2.45, 2.75) is 19.9 Å². The third kappa shape index (κ3) is 2.33. The van der Waals surface area contributed by atoms with Crippen LogP contribution >= 0.6 is 0 Å². The smallest absolute Gasteiger partial charge is 0.319 e. The normalized spacial score (nSPS) is 18.4. The van der Waals surface area contributed by atoms with Gasteiger partial charge in [-0.05, 0) is 26.0 Å². The van der Waals surface area contributed by atoms with E-state index in [1.54, 1.807) is 19.1 Å². The van der Waals surface area contributed by atoms with E-state index in [0.29, 0.717) is 11.3 Å². The number of fused-ring (bicyclic) bond motifs is 1. The molecule has 0 spiro atoms. The Bertz CT molecular complexity index is 541. The van der Waals surface area contributed by atoms with Crippen molar-refractivity contribution in [1.29, 1.82) is 0 Å². The lowest BCUT2D eigenvalue weighted by molar-refractivity contribution is -0.152. The molecule has 1 N–H and O–H groups in total. The summed E-state index contributed by atoms with van der Waals surface area (Å²) in [5.74, 6) is -2.38. The Labute approximate surface area is 110 Å². The fourth-order valence-corrected chi connectivity index (χ4v) is 2.15. The average Bonchev–Trinajstić information content (AvgIpc) is 2.68. The van der Waals surface area contributed by atoms with Crippen LogP contribution in [0, 0.1) is 5.92 Å². The minimum atomic E-state index is -1.06. The van der Waals surface area contributed by atoms with E-state index in [9.17, 15) is 14.4 Å². The highest BCUT2D eigenvalue weighted by Gasteiger charge is 2.42. The number of Topliss-reactive ketones (excluding diaryl/α,β-unsaturated/α-hetero) is 1. The number of hydrogen-bond donors (Lipinski definition) is 1. The monoisotopic (exact) mass is 262 g/mol. The summed E-state index contributed by atoms with van der Waals surface area (Å²) in [5.41, 5.74) is 0.809. The van der Waals surface area contributed by atoms with Gasteiger partial charge in [-0.2, -0.15) is 0 Å². The van der Waals surface area contributed by atoms with Crippen LogP contribution in [0.15, 0.2) is 18.3 Å². The molecule has 0 bridgehead atoms. The minimum absolute atomic E-state index is 0.179. The van der Waals surface area contributed by atoms with Crippen LogP contribution in [-0.4, -0.2) is 29.3 Å². The number of carbonyl (C=O) groups excluding carboxylic acids is 3. The quantitative estimate of drug-likeness (QED) is 0.635. The molecule has 2 unspecified atom stereocenters. The summed E-state index contributed by atoms with van der Waals surface area (Å²) >= 11 is 0. The van der Waals surface area contributed by atoms with Gasteiger partial charge < -0.3 is 10.1 Å². The van der Waals surface area contributed by atoms with Gasteiger partial charge in [0.1, 0.15) is 11.7 Å². The number of nitrogens with one attached hydrogen (secondary N) is 1. The molecule has 0 aliphatic carbocycles. The van der Waals surface area contributed by atoms with Gasteiger partial charge in [0.2, 0.25) is 0 Å². The van der Waals surface area contributed by atoms with E-state index in [4.69, 9.17) is 4.74 Å². The molecule has 0 radical (unpaired) electrons. The molecular formula is C13H14N2O4. The molecule has 1 aliphatic heterocycles. The molecule has 2 rings (SSSR count). The van der Waals surface area contributed by atoms with Gasteiger partial charge in [-0.1, -0.05) is 0 Å². The molecule has 0 saturated heterocycles. The van der Waals surface area contributed by atoms with Crippen molar-refractivity contribution in [3.63, 3.8) is 0 Å². The van der Waals surface area contributed by atoms with Gasteiger partial charge in [0.15, 0.2) is 0 Å². The number of rotatable bonds is 4. The largest absolute Gasteiger partial charge is 0.465 e. The molecule has 1 aliphatic rings. The molecular weight excluding hydrogens is 248 g/mol. The van der Waals surface area contributed by atoms with Gasteiger partial charge in [0.05, 0.1) is 23.9 Å². The van der Waals surface area contributed by atoms with Crippen LogP contribution in [0.5, 0.6) is 0 Å². The maximum atomic E-state index is 11.9. The third-order valence-electron chi connectivity index (χ3n) is 2.98. The van der Waals surface area contributed by atoms with Crippen LogP contribution in [-0.2, 0) is 14.3 Å². The highest BCUT2D eigenvalue weighted by atomic mass is 16.5. The molecule has 19 heavy (non-hydrogen) atoms. The lowest BCUT2D eigenvalue weighted by Crippen LogP contribution is -2.36. The summed E-state index contributed by atoms with van der Waals surface area (Å²) in [7, 11) is 0. The fourth-order valence-electron chi connectivity index (χ4n) is 2.15. The Morgan fingerprint density at radius 3 is 2.89 bits per heavy atom. The Morgan fingerprint density at radius 1 is 1.53 bits per heavy atom. The molecule has 2 atom stereocenters. The van der Waals surface area contributed by atoms with Gasteiger partial charge in [-0.15, -0.1) is 0 Å². The predicted octanol–water partition coefficient (Wildman–Crippen LogP) is 0.634. The average molecular weight is 262 g/mol. The fraction of sp³-hybridized carbons (Fsp3) is 0.385. The number of esters is 1. The standard InChI is InChI=1S/C13H14N2O4/c1-3-19-13(18)9(7(2)16)11-10-8(12(17)15-11)5-4-6-14-10/h4-6,9,11H,3H2,1-2H3,(H,15,17). The Hall–Kier alpha value is -2.24. The molecule has 1 amide bonds. The molecule has 2 heterocycles. The van der Waals surface area contributed by atoms with E-state index in [2.05, 4.69) is 10.3 Å². The van der Waals surface area contributed by atoms with Crippen LogP contribution in [0.4, 0.5) is 0 Å². The molecule has 100 valence electrons. The summed E-state index contributed by atoms with van der Waals surface area (Å²) in [6, 6.07) is 2.49. The zero-order chi connectivity index (χ0) is 14.0. The van der Waals surface area contributed by atoms with E-state index in [-0.39, 0.29) is 18.3 Å². The summed E-state index contributed by atoms with van der Waals surface area (Å²) in [5, 5.41) is 2.62. The van der Waals surface area contributed by atoms with Crippen molar-refractivity contribution >= 4 is 17.7 Å². The third-order valence-corrected chi connectivity index (χ3v) is 2.98. The molecule has 6 nitrogen and oxygen atoms in total. The van der Waals surface area contributed by atoms with Gasteiger partial charge in [0.25, 0.3) is 5.91 Å². The molecule has 0 saturated carbocycles. The predicted molar refractivity (Wildman–Crippen MR) is 65.2 cm³/mol. The molecule has 0 fully saturated rings. The van der Waals surface area contributed by atoms with Crippen LogP contribution in [0.2, 0.25) is 0 Å². The molecule has 0 aromatic carbocycles. The first kappa shape index (κ1) is 13.2.